The van der Waals surface area contributed by atoms with Crippen molar-refractivity contribution in [3.8, 4) is 0 Å². The van der Waals surface area contributed by atoms with Gasteiger partial charge in [-0.1, -0.05) is 119 Å². The number of hydrogen-bond donors (Lipinski definition) is 0. The summed E-state index contributed by atoms with van der Waals surface area (Å²) in [6.07, 6.45) is 4.79. The molecule has 9 heteroatoms. The predicted molar refractivity (Wildman–Crippen MR) is 224 cm³/mol. The molecule has 3 aromatic carbocycles. The summed E-state index contributed by atoms with van der Waals surface area (Å²) >= 11 is 0. The average Bonchev–Trinajstić information content (AvgIpc) is 2.93. The van der Waals surface area contributed by atoms with Gasteiger partial charge in [-0.05, 0) is 71.9 Å². The molecule has 0 aliphatic heterocycles. The Labute approximate surface area is 371 Å². The van der Waals surface area contributed by atoms with Crippen molar-refractivity contribution in [1.29, 1.82) is 0 Å². The molecule has 0 heterocycles. The normalized spacial score (nSPS) is 13.5. The molecule has 301 valence electrons. The van der Waals surface area contributed by atoms with Gasteiger partial charge in [0.2, 0.25) is 0 Å². The van der Waals surface area contributed by atoms with Crippen molar-refractivity contribution in [2.75, 3.05) is 26.7 Å². The Morgan fingerprint density at radius 3 is 0.686 bits per heavy atom. The summed E-state index contributed by atoms with van der Waals surface area (Å²) in [4.78, 5) is 0. The fourth-order valence-corrected chi connectivity index (χ4v) is 8.54. The molecule has 0 fully saturated rings. The molecule has 0 bridgehead atoms. The molecule has 0 aromatic heterocycles. The molecule has 0 aliphatic rings. The molecule has 0 N–H and O–H groups in total. The van der Waals surface area contributed by atoms with E-state index in [0.717, 1.165) is 0 Å². The van der Waals surface area contributed by atoms with Crippen molar-refractivity contribution < 1.29 is 80.3 Å². The van der Waals surface area contributed by atoms with Crippen LogP contribution in [0.5, 0.6) is 0 Å². The van der Waals surface area contributed by atoms with Crippen molar-refractivity contribution in [3.63, 3.8) is 0 Å². The van der Waals surface area contributed by atoms with E-state index >= 15 is 0 Å². The van der Waals surface area contributed by atoms with E-state index in [1.165, 1.54) is 46.9 Å². The third-order valence-corrected chi connectivity index (χ3v) is 21.1. The number of hydrogen-bond acceptors (Lipinski definition) is 0. The summed E-state index contributed by atoms with van der Waals surface area (Å²) in [6, 6.07) is 32.8. The standard InChI is InChI=1S/2C18H31P2.C6H6.3ClH.2Ir.2H/c2*1-17(2,3)19(7)13-15-10-9-11-16(12-15)14-20(8)18(4,5)6;1-2-4-6-5-3-1;;;;;;;/h2*9-11H,13-14H2,1-8H3;1-6H;3*1H;;;;/q2*-1;;;;;;+3;2*-1/p-3/t2*19-,20+;;;;;;;;. The Morgan fingerprint density at radius 1 is 0.392 bits per heavy atom. The van der Waals surface area contributed by atoms with Crippen molar-refractivity contribution >= 4 is 31.7 Å². The summed E-state index contributed by atoms with van der Waals surface area (Å²) < 4.78 is 0. The second-order valence-corrected chi connectivity index (χ2v) is 28.9. The van der Waals surface area contributed by atoms with E-state index in [1.54, 1.807) is 0 Å². The smallest absolute Gasteiger partial charge is 1.00 e. The number of rotatable bonds is 8. The number of benzene rings is 3. The van der Waals surface area contributed by atoms with Gasteiger partial charge in [0.1, 0.15) is 0 Å². The minimum Gasteiger partial charge on any atom is -1.00 e. The zero-order chi connectivity index (χ0) is 35.3. The second kappa shape index (κ2) is 28.9. The molecule has 1 radical (unpaired) electrons. The summed E-state index contributed by atoms with van der Waals surface area (Å²) in [5.41, 5.74) is 5.62. The van der Waals surface area contributed by atoms with Gasteiger partial charge in [0.15, 0.2) is 0 Å². The molecule has 0 saturated heterocycles. The van der Waals surface area contributed by atoms with Crippen molar-refractivity contribution in [2.45, 2.75) is 128 Å². The van der Waals surface area contributed by atoms with Crippen molar-refractivity contribution in [3.05, 3.63) is 107 Å². The third kappa shape index (κ3) is 27.7. The first-order valence-corrected chi connectivity index (χ1v) is 24.7. The monoisotopic (exact) mass is 1190 g/mol. The Hall–Kier alpha value is 1.55. The van der Waals surface area contributed by atoms with Crippen LogP contribution in [0, 0.1) is 12.1 Å². The summed E-state index contributed by atoms with van der Waals surface area (Å²) in [6.45, 7) is 37.9. The van der Waals surface area contributed by atoms with Crippen LogP contribution in [0.25, 0.3) is 0 Å². The molecule has 51 heavy (non-hydrogen) atoms. The van der Waals surface area contributed by atoms with Crippen molar-refractivity contribution in [2.24, 2.45) is 0 Å². The van der Waals surface area contributed by atoms with Gasteiger partial charge in [-0.2, -0.15) is 70.8 Å². The molecule has 0 spiro atoms. The molecule has 4 atom stereocenters. The summed E-state index contributed by atoms with van der Waals surface area (Å²) in [5.74, 6) is 0. The molecular weight excluding hydrogens is 1120 g/mol. The largest absolute Gasteiger partial charge is 3.00 e. The maximum Gasteiger partial charge on any atom is 3.00 e. The Kier molecular flexibility index (Phi) is 35.0. The Bertz CT molecular complexity index is 1100. The number of halogens is 3. The van der Waals surface area contributed by atoms with E-state index in [0.29, 0.717) is 20.6 Å². The zero-order valence-corrected chi connectivity index (χ0v) is 45.0. The van der Waals surface area contributed by atoms with E-state index in [4.69, 9.17) is 0 Å². The quantitative estimate of drug-likeness (QED) is 0.206. The van der Waals surface area contributed by atoms with Crippen LogP contribution in [0.1, 0.15) is 108 Å². The fraction of sp³-hybridized carbons (Fsp3) is 0.571. The minimum atomic E-state index is 0. The van der Waals surface area contributed by atoms with Crippen LogP contribution in [-0.2, 0) is 64.9 Å². The van der Waals surface area contributed by atoms with E-state index in [9.17, 15) is 0 Å². The van der Waals surface area contributed by atoms with Crippen LogP contribution in [0.4, 0.5) is 0 Å². The Morgan fingerprint density at radius 2 is 0.549 bits per heavy atom. The zero-order valence-electron chi connectivity index (χ0n) is 36.3. The van der Waals surface area contributed by atoms with Crippen LogP contribution in [-0.4, -0.2) is 47.3 Å². The molecule has 0 amide bonds. The molecule has 0 unspecified atom stereocenters. The first-order chi connectivity index (χ1) is 21.0. The maximum absolute atomic E-state index is 3.68. The fourth-order valence-electron chi connectivity index (χ4n) is 3.86. The maximum atomic E-state index is 3.68. The van der Waals surface area contributed by atoms with Gasteiger partial charge in [0.05, 0.1) is 0 Å². The summed E-state index contributed by atoms with van der Waals surface area (Å²) in [5, 5.41) is 1.73. The van der Waals surface area contributed by atoms with Gasteiger partial charge < -0.3 is 40.1 Å². The van der Waals surface area contributed by atoms with Crippen molar-refractivity contribution in [1.82, 2.24) is 0 Å². The van der Waals surface area contributed by atoms with Gasteiger partial charge >= 0.3 is 20.1 Å². The van der Waals surface area contributed by atoms with Gasteiger partial charge in [0, 0.05) is 20.1 Å². The topological polar surface area (TPSA) is 0 Å². The van der Waals surface area contributed by atoms with Gasteiger partial charge in [-0.15, -0.1) is 31.7 Å². The predicted octanol–water partition coefficient (Wildman–Crippen LogP) is 5.53. The van der Waals surface area contributed by atoms with E-state index < -0.39 is 0 Å². The first-order valence-electron chi connectivity index (χ1n) is 16.9. The molecule has 0 aliphatic carbocycles. The molecule has 0 saturated carbocycles. The second-order valence-electron chi connectivity index (χ2n) is 16.7. The molecule has 3 rings (SSSR count). The van der Waals surface area contributed by atoms with Gasteiger partial charge in [0.25, 0.3) is 0 Å². The van der Waals surface area contributed by atoms with Gasteiger partial charge in [-0.3, -0.25) is 0 Å². The Balaban J connectivity index is -0.000000123. The molecule has 0 nitrogen and oxygen atoms in total. The van der Waals surface area contributed by atoms with E-state index in [-0.39, 0.29) is 112 Å². The minimum absolute atomic E-state index is 0. The average molecular weight is 1190 g/mol. The molecule has 3 aromatic rings. The van der Waals surface area contributed by atoms with Gasteiger partial charge in [-0.25, -0.2) is 0 Å². The van der Waals surface area contributed by atoms with Crippen LogP contribution < -0.4 is 37.2 Å². The SMILES string of the molecule is C[P@](Cc1[c-]c(C[P@](C)C(C)(C)C)ccc1)C(C)(C)C.C[P@](Cc1[c-]c(C[P@](C)C(C)(C)C)ccc1)C(C)(C)C.[Cl-].[Cl-].[Cl-].[H-].[H-].[Ir+3].[Ir].c1ccccc1. The summed E-state index contributed by atoms with van der Waals surface area (Å²) in [7, 11) is 0.0834. The van der Waals surface area contributed by atoms with Crippen LogP contribution >= 0.6 is 31.7 Å². The third-order valence-electron chi connectivity index (χ3n) is 8.71. The first kappa shape index (κ1) is 61.8. The van der Waals surface area contributed by atoms with E-state index in [1.807, 2.05) is 36.4 Å². The van der Waals surface area contributed by atoms with Crippen LogP contribution in [0.15, 0.2) is 72.8 Å². The van der Waals surface area contributed by atoms with Crippen LogP contribution in [0.2, 0.25) is 0 Å². The van der Waals surface area contributed by atoms with E-state index in [2.05, 4.69) is 158 Å². The van der Waals surface area contributed by atoms with Crippen LogP contribution in [0.3, 0.4) is 0 Å². The molecular formula is C42H70Cl3Ir2P4-4.